The fourth-order valence-corrected chi connectivity index (χ4v) is 2.51. The zero-order chi connectivity index (χ0) is 12.5. The first kappa shape index (κ1) is 12.1. The minimum Gasteiger partial charge on any atom is -0.339 e. The second kappa shape index (κ2) is 4.95. The van der Waals surface area contributed by atoms with Crippen LogP contribution in [0.1, 0.15) is 17.8 Å². The Hall–Kier alpha value is -0.980. The summed E-state index contributed by atoms with van der Waals surface area (Å²) in [4.78, 5) is 9.19. The van der Waals surface area contributed by atoms with Gasteiger partial charge in [-0.25, -0.2) is 0 Å². The zero-order valence-corrected chi connectivity index (χ0v) is 11.1. The molecule has 2 saturated heterocycles. The third-order valence-electron chi connectivity index (χ3n) is 3.96. The number of aromatic nitrogens is 2. The van der Waals surface area contributed by atoms with E-state index in [-0.39, 0.29) is 6.04 Å². The summed E-state index contributed by atoms with van der Waals surface area (Å²) in [5.41, 5.74) is 0. The van der Waals surface area contributed by atoms with Gasteiger partial charge in [0.2, 0.25) is 5.89 Å². The zero-order valence-electron chi connectivity index (χ0n) is 11.1. The van der Waals surface area contributed by atoms with Crippen molar-refractivity contribution in [1.29, 1.82) is 0 Å². The predicted molar refractivity (Wildman–Crippen MR) is 67.2 cm³/mol. The van der Waals surface area contributed by atoms with E-state index in [9.17, 15) is 0 Å². The number of nitrogens with one attached hydrogen (secondary N) is 1. The van der Waals surface area contributed by atoms with Gasteiger partial charge in [0, 0.05) is 26.1 Å². The average molecular weight is 251 g/mol. The van der Waals surface area contributed by atoms with E-state index in [1.165, 1.54) is 0 Å². The maximum atomic E-state index is 5.37. The highest BCUT2D eigenvalue weighted by Crippen LogP contribution is 2.21. The molecule has 1 aromatic heterocycles. The van der Waals surface area contributed by atoms with Crippen molar-refractivity contribution in [2.45, 2.75) is 12.5 Å². The van der Waals surface area contributed by atoms with Crippen LogP contribution in [-0.2, 0) is 6.42 Å². The summed E-state index contributed by atoms with van der Waals surface area (Å²) in [5.74, 6) is 2.30. The van der Waals surface area contributed by atoms with Crippen LogP contribution in [0.4, 0.5) is 0 Å². The fourth-order valence-electron chi connectivity index (χ4n) is 2.51. The molecule has 0 aromatic carbocycles. The van der Waals surface area contributed by atoms with Crippen LogP contribution in [0, 0.1) is 5.92 Å². The van der Waals surface area contributed by atoms with Crippen molar-refractivity contribution in [3.8, 4) is 0 Å². The van der Waals surface area contributed by atoms with Gasteiger partial charge in [-0.2, -0.15) is 4.98 Å². The first-order valence-corrected chi connectivity index (χ1v) is 6.64. The SMILES string of the molecule is CN1CCN(C)C(c2noc(CC3CNC3)n2)C1. The van der Waals surface area contributed by atoms with Crippen molar-refractivity contribution in [3.05, 3.63) is 11.7 Å². The normalized spacial score (nSPS) is 27.3. The van der Waals surface area contributed by atoms with Gasteiger partial charge in [0.25, 0.3) is 0 Å². The summed E-state index contributed by atoms with van der Waals surface area (Å²) in [6.45, 7) is 5.27. The molecule has 3 rings (SSSR count). The number of likely N-dealkylation sites (N-methyl/N-ethyl adjacent to an activating group) is 2. The molecule has 3 heterocycles. The predicted octanol–water partition coefficient (Wildman–Crippen LogP) is -0.250. The second-order valence-corrected chi connectivity index (χ2v) is 5.53. The van der Waals surface area contributed by atoms with Crippen LogP contribution in [0.25, 0.3) is 0 Å². The summed E-state index contributed by atoms with van der Waals surface area (Å²) in [7, 11) is 4.27. The molecule has 0 saturated carbocycles. The summed E-state index contributed by atoms with van der Waals surface area (Å²) < 4.78 is 5.37. The molecule has 1 atom stereocenters. The van der Waals surface area contributed by atoms with Crippen LogP contribution in [0.3, 0.4) is 0 Å². The van der Waals surface area contributed by atoms with E-state index in [1.54, 1.807) is 0 Å². The van der Waals surface area contributed by atoms with Crippen molar-refractivity contribution in [2.24, 2.45) is 5.92 Å². The maximum Gasteiger partial charge on any atom is 0.227 e. The van der Waals surface area contributed by atoms with Gasteiger partial charge in [-0.1, -0.05) is 5.16 Å². The van der Waals surface area contributed by atoms with Crippen molar-refractivity contribution in [1.82, 2.24) is 25.3 Å². The van der Waals surface area contributed by atoms with Crippen molar-refractivity contribution in [3.63, 3.8) is 0 Å². The lowest BCUT2D eigenvalue weighted by Gasteiger charge is -2.35. The molecule has 0 amide bonds. The molecule has 6 heteroatoms. The Morgan fingerprint density at radius 3 is 2.89 bits per heavy atom. The lowest BCUT2D eigenvalue weighted by molar-refractivity contribution is 0.108. The van der Waals surface area contributed by atoms with E-state index < -0.39 is 0 Å². The number of piperazine rings is 1. The Kier molecular flexibility index (Phi) is 3.32. The van der Waals surface area contributed by atoms with Gasteiger partial charge >= 0.3 is 0 Å². The van der Waals surface area contributed by atoms with Crippen LogP contribution in [0.5, 0.6) is 0 Å². The van der Waals surface area contributed by atoms with E-state index in [0.717, 1.165) is 50.9 Å². The van der Waals surface area contributed by atoms with E-state index in [1.807, 2.05) is 0 Å². The van der Waals surface area contributed by atoms with E-state index in [2.05, 4.69) is 39.4 Å². The molecule has 2 fully saturated rings. The third-order valence-corrected chi connectivity index (χ3v) is 3.96. The highest BCUT2D eigenvalue weighted by atomic mass is 16.5. The molecule has 100 valence electrons. The smallest absolute Gasteiger partial charge is 0.227 e. The fraction of sp³-hybridized carbons (Fsp3) is 0.833. The maximum absolute atomic E-state index is 5.37. The van der Waals surface area contributed by atoms with Crippen LogP contribution in [0.2, 0.25) is 0 Å². The van der Waals surface area contributed by atoms with Gasteiger partial charge in [0.15, 0.2) is 5.82 Å². The van der Waals surface area contributed by atoms with Gasteiger partial charge in [0.1, 0.15) is 0 Å². The van der Waals surface area contributed by atoms with Crippen molar-refractivity contribution >= 4 is 0 Å². The minimum atomic E-state index is 0.265. The van der Waals surface area contributed by atoms with E-state index in [4.69, 9.17) is 4.52 Å². The Morgan fingerprint density at radius 2 is 2.17 bits per heavy atom. The minimum absolute atomic E-state index is 0.265. The Balaban J connectivity index is 1.67. The first-order valence-electron chi connectivity index (χ1n) is 6.64. The summed E-state index contributed by atoms with van der Waals surface area (Å²) in [6.07, 6.45) is 0.909. The first-order chi connectivity index (χ1) is 8.72. The molecule has 0 aliphatic carbocycles. The molecular weight excluding hydrogens is 230 g/mol. The molecule has 1 N–H and O–H groups in total. The molecule has 1 aromatic rings. The second-order valence-electron chi connectivity index (χ2n) is 5.53. The number of hydrogen-bond acceptors (Lipinski definition) is 6. The largest absolute Gasteiger partial charge is 0.339 e. The summed E-state index contributed by atoms with van der Waals surface area (Å²) in [5, 5.41) is 7.42. The Morgan fingerprint density at radius 1 is 1.33 bits per heavy atom. The molecule has 6 nitrogen and oxygen atoms in total. The number of nitrogens with zero attached hydrogens (tertiary/aromatic N) is 4. The van der Waals surface area contributed by atoms with Crippen molar-refractivity contribution in [2.75, 3.05) is 46.8 Å². The standard InChI is InChI=1S/C12H21N5O/c1-16-3-4-17(2)10(8-16)12-14-11(18-15-12)5-9-6-13-7-9/h9-10,13H,3-8H2,1-2H3. The monoisotopic (exact) mass is 251 g/mol. The topological polar surface area (TPSA) is 57.4 Å². The molecular formula is C12H21N5O. The quantitative estimate of drug-likeness (QED) is 0.799. The van der Waals surface area contributed by atoms with Crippen LogP contribution >= 0.6 is 0 Å². The van der Waals surface area contributed by atoms with E-state index >= 15 is 0 Å². The van der Waals surface area contributed by atoms with Gasteiger partial charge < -0.3 is 14.7 Å². The van der Waals surface area contributed by atoms with Crippen LogP contribution in [0.15, 0.2) is 4.52 Å². The van der Waals surface area contributed by atoms with Crippen LogP contribution < -0.4 is 5.32 Å². The lowest BCUT2D eigenvalue weighted by atomic mass is 10.00. The molecule has 18 heavy (non-hydrogen) atoms. The van der Waals surface area contributed by atoms with Gasteiger partial charge in [0.05, 0.1) is 6.04 Å². The van der Waals surface area contributed by atoms with E-state index in [0.29, 0.717) is 5.92 Å². The summed E-state index contributed by atoms with van der Waals surface area (Å²) in [6, 6.07) is 0.265. The van der Waals surface area contributed by atoms with Gasteiger partial charge in [-0.15, -0.1) is 0 Å². The molecule has 2 aliphatic rings. The molecule has 1 unspecified atom stereocenters. The molecule has 0 bridgehead atoms. The Bertz CT molecular complexity index is 403. The highest BCUT2D eigenvalue weighted by Gasteiger charge is 2.28. The number of hydrogen-bond donors (Lipinski definition) is 1. The molecule has 2 aliphatic heterocycles. The third kappa shape index (κ3) is 2.41. The lowest BCUT2D eigenvalue weighted by Crippen LogP contribution is -2.45. The summed E-state index contributed by atoms with van der Waals surface area (Å²) >= 11 is 0. The average Bonchev–Trinajstić information content (AvgIpc) is 2.75. The van der Waals surface area contributed by atoms with Crippen LogP contribution in [-0.4, -0.2) is 66.8 Å². The molecule has 0 spiro atoms. The van der Waals surface area contributed by atoms with Gasteiger partial charge in [-0.3, -0.25) is 4.90 Å². The van der Waals surface area contributed by atoms with Gasteiger partial charge in [-0.05, 0) is 33.1 Å². The number of rotatable bonds is 3. The molecule has 0 radical (unpaired) electrons. The van der Waals surface area contributed by atoms with Crippen molar-refractivity contribution < 1.29 is 4.52 Å². The highest BCUT2D eigenvalue weighted by molar-refractivity contribution is 4.99. The Labute approximate surface area is 107 Å².